The van der Waals surface area contributed by atoms with Gasteiger partial charge in [0.2, 0.25) is 0 Å². The zero-order valence-electron chi connectivity index (χ0n) is 16.2. The molecular weight excluding hydrogens is 400 g/mol. The molecule has 3 rings (SSSR count). The van der Waals surface area contributed by atoms with Crippen LogP contribution in [0.25, 0.3) is 0 Å². The predicted octanol–water partition coefficient (Wildman–Crippen LogP) is 3.02. The molecule has 0 saturated carbocycles. The maximum Gasteiger partial charge on any atom is 0.250 e. The van der Waals surface area contributed by atoms with Crippen LogP contribution in [0.15, 0.2) is 77.5 Å². The molecule has 0 fully saturated rings. The van der Waals surface area contributed by atoms with E-state index in [0.717, 1.165) is 17.1 Å². The van der Waals surface area contributed by atoms with Crippen molar-refractivity contribution in [3.8, 4) is 5.75 Å². The van der Waals surface area contributed by atoms with E-state index in [1.165, 1.54) is 18.0 Å². The summed E-state index contributed by atoms with van der Waals surface area (Å²) in [6.45, 7) is 4.84. The molecule has 1 amide bonds. The lowest BCUT2D eigenvalue weighted by Crippen LogP contribution is -2.20. The summed E-state index contributed by atoms with van der Waals surface area (Å²) in [4.78, 5) is 12.1. The number of carbonyl (C=O) groups excluding carboxylic acids is 1. The number of anilines is 1. The Morgan fingerprint density at radius 3 is 2.67 bits per heavy atom. The molecule has 1 aromatic heterocycles. The summed E-state index contributed by atoms with van der Waals surface area (Å²) in [5.41, 5.74) is 4.24. The molecule has 0 aliphatic rings. The Labute approximate surface area is 178 Å². The van der Waals surface area contributed by atoms with Crippen molar-refractivity contribution >= 4 is 29.6 Å². The van der Waals surface area contributed by atoms with E-state index in [1.54, 1.807) is 30.3 Å². The van der Waals surface area contributed by atoms with Gasteiger partial charge in [0.25, 0.3) is 5.91 Å². The maximum atomic E-state index is 12.1. The fraction of sp³-hybridized carbons (Fsp3) is 0.143. The number of thioether (sulfide) groups is 1. The third-order valence-electron chi connectivity index (χ3n) is 3.96. The lowest BCUT2D eigenvalue weighted by molar-refractivity contribution is -0.118. The van der Waals surface area contributed by atoms with Crippen molar-refractivity contribution in [3.05, 3.63) is 78.6 Å². The van der Waals surface area contributed by atoms with Gasteiger partial charge >= 0.3 is 0 Å². The van der Waals surface area contributed by atoms with Crippen LogP contribution >= 0.6 is 11.8 Å². The van der Waals surface area contributed by atoms with E-state index < -0.39 is 0 Å². The Morgan fingerprint density at radius 2 is 1.93 bits per heavy atom. The van der Waals surface area contributed by atoms with Crippen LogP contribution in [0.1, 0.15) is 11.4 Å². The number of amides is 1. The molecule has 0 aliphatic carbocycles. The van der Waals surface area contributed by atoms with E-state index in [-0.39, 0.29) is 17.4 Å². The Kier molecular flexibility index (Phi) is 7.62. The van der Waals surface area contributed by atoms with Crippen molar-refractivity contribution in [1.29, 1.82) is 0 Å². The van der Waals surface area contributed by atoms with Crippen LogP contribution < -0.4 is 10.7 Å². The van der Waals surface area contributed by atoms with Gasteiger partial charge in [-0.05, 0) is 42.0 Å². The number of rotatable bonds is 10. The molecule has 3 N–H and O–H groups in total. The normalized spacial score (nSPS) is 10.8. The number of benzene rings is 2. The predicted molar refractivity (Wildman–Crippen MR) is 119 cm³/mol. The van der Waals surface area contributed by atoms with Gasteiger partial charge in [0.15, 0.2) is 11.0 Å². The number of nitrogens with one attached hydrogen (secondary N) is 2. The molecule has 1 heterocycles. The summed E-state index contributed by atoms with van der Waals surface area (Å²) in [5.74, 6) is 0.822. The van der Waals surface area contributed by atoms with Crippen LogP contribution in [0.2, 0.25) is 0 Å². The monoisotopic (exact) mass is 422 g/mol. The third-order valence-corrected chi connectivity index (χ3v) is 4.92. The number of phenolic OH excluding ortho intramolecular Hbond substituents is 1. The lowest BCUT2D eigenvalue weighted by Gasteiger charge is -2.09. The molecule has 30 heavy (non-hydrogen) atoms. The van der Waals surface area contributed by atoms with Gasteiger partial charge in [0, 0.05) is 12.2 Å². The second-order valence-corrected chi connectivity index (χ2v) is 7.13. The molecular formula is C21H22N6O2S. The quantitative estimate of drug-likeness (QED) is 0.201. The number of hydrogen-bond acceptors (Lipinski definition) is 7. The molecule has 0 unspecified atom stereocenters. The van der Waals surface area contributed by atoms with Gasteiger partial charge in [-0.25, -0.2) is 5.43 Å². The van der Waals surface area contributed by atoms with Gasteiger partial charge < -0.3 is 15.0 Å². The summed E-state index contributed by atoms with van der Waals surface area (Å²) < 4.78 is 1.92. The van der Waals surface area contributed by atoms with Crippen LogP contribution in [-0.4, -0.2) is 37.7 Å². The number of allylic oxidation sites excluding steroid dienone is 1. The Bertz CT molecular complexity index is 1000. The molecule has 8 nitrogen and oxygen atoms in total. The minimum absolute atomic E-state index is 0.147. The zero-order valence-corrected chi connectivity index (χ0v) is 17.0. The smallest absolute Gasteiger partial charge is 0.250 e. The van der Waals surface area contributed by atoms with Crippen LogP contribution in [0.5, 0.6) is 5.75 Å². The first kappa shape index (κ1) is 21.1. The van der Waals surface area contributed by atoms with Crippen molar-refractivity contribution in [2.24, 2.45) is 5.10 Å². The van der Waals surface area contributed by atoms with E-state index in [4.69, 9.17) is 0 Å². The fourth-order valence-electron chi connectivity index (χ4n) is 2.51. The highest BCUT2D eigenvalue weighted by Gasteiger charge is 2.13. The summed E-state index contributed by atoms with van der Waals surface area (Å²) >= 11 is 1.28. The highest BCUT2D eigenvalue weighted by Crippen LogP contribution is 2.18. The van der Waals surface area contributed by atoms with Crippen molar-refractivity contribution in [1.82, 2.24) is 20.2 Å². The molecule has 2 aromatic carbocycles. The molecule has 0 saturated heterocycles. The average molecular weight is 423 g/mol. The van der Waals surface area contributed by atoms with E-state index in [0.29, 0.717) is 18.2 Å². The molecule has 9 heteroatoms. The van der Waals surface area contributed by atoms with E-state index >= 15 is 0 Å². The van der Waals surface area contributed by atoms with Gasteiger partial charge in [-0.15, -0.1) is 16.8 Å². The van der Waals surface area contributed by atoms with Gasteiger partial charge in [-0.3, -0.25) is 4.79 Å². The van der Waals surface area contributed by atoms with E-state index in [2.05, 4.69) is 32.6 Å². The van der Waals surface area contributed by atoms with Crippen molar-refractivity contribution < 1.29 is 9.90 Å². The first-order valence-electron chi connectivity index (χ1n) is 9.21. The van der Waals surface area contributed by atoms with Gasteiger partial charge in [0.1, 0.15) is 5.75 Å². The Balaban J connectivity index is 1.53. The van der Waals surface area contributed by atoms with E-state index in [1.807, 2.05) is 34.9 Å². The number of aromatic hydroxyl groups is 1. The molecule has 0 bridgehead atoms. The van der Waals surface area contributed by atoms with Crippen LogP contribution in [0, 0.1) is 0 Å². The molecule has 154 valence electrons. The summed E-state index contributed by atoms with van der Waals surface area (Å²) in [6, 6.07) is 16.3. The third kappa shape index (κ3) is 6.21. The molecule has 0 spiro atoms. The molecule has 3 aromatic rings. The fourth-order valence-corrected chi connectivity index (χ4v) is 3.27. The molecule has 0 radical (unpaired) electrons. The van der Waals surface area contributed by atoms with Crippen molar-refractivity contribution in [2.45, 2.75) is 18.2 Å². The van der Waals surface area contributed by atoms with Crippen molar-refractivity contribution in [3.63, 3.8) is 0 Å². The SMILES string of the molecule is C=CCn1c(CNc2ccccc2)nnc1SCC(=O)NN=Cc1ccc(O)cc1. The van der Waals surface area contributed by atoms with Crippen molar-refractivity contribution in [2.75, 3.05) is 11.1 Å². The van der Waals surface area contributed by atoms with Crippen LogP contribution in [-0.2, 0) is 17.9 Å². The second kappa shape index (κ2) is 10.8. The Hall–Kier alpha value is -3.59. The maximum absolute atomic E-state index is 12.1. The average Bonchev–Trinajstić information content (AvgIpc) is 3.15. The molecule has 0 atom stereocenters. The number of hydrazone groups is 1. The standard InChI is InChI=1S/C21H22N6O2S/c1-2-12-27-19(14-22-17-6-4-3-5-7-17)24-26-21(27)30-15-20(29)25-23-13-16-8-10-18(28)11-9-16/h2-11,13,22,28H,1,12,14-15H2,(H,25,29). The topological polar surface area (TPSA) is 104 Å². The van der Waals surface area contributed by atoms with Gasteiger partial charge in [-0.2, -0.15) is 5.10 Å². The second-order valence-electron chi connectivity index (χ2n) is 6.19. The summed E-state index contributed by atoms with van der Waals surface area (Å²) in [6.07, 6.45) is 3.27. The number of phenols is 1. The minimum atomic E-state index is -0.257. The largest absolute Gasteiger partial charge is 0.508 e. The summed E-state index contributed by atoms with van der Waals surface area (Å²) in [7, 11) is 0. The number of hydrogen-bond donors (Lipinski definition) is 3. The Morgan fingerprint density at radius 1 is 1.17 bits per heavy atom. The van der Waals surface area contributed by atoms with Crippen LogP contribution in [0.3, 0.4) is 0 Å². The first-order valence-corrected chi connectivity index (χ1v) is 10.2. The highest BCUT2D eigenvalue weighted by molar-refractivity contribution is 7.99. The molecule has 0 aliphatic heterocycles. The highest BCUT2D eigenvalue weighted by atomic mass is 32.2. The van der Waals surface area contributed by atoms with Gasteiger partial charge in [0.05, 0.1) is 18.5 Å². The summed E-state index contributed by atoms with van der Waals surface area (Å²) in [5, 5.41) is 25.6. The number of nitrogens with zero attached hydrogens (tertiary/aromatic N) is 4. The van der Waals surface area contributed by atoms with Crippen LogP contribution in [0.4, 0.5) is 5.69 Å². The number of carbonyl (C=O) groups is 1. The zero-order chi connectivity index (χ0) is 21.2. The number of aromatic nitrogens is 3. The number of para-hydroxylation sites is 1. The van der Waals surface area contributed by atoms with Gasteiger partial charge in [-0.1, -0.05) is 36.0 Å². The minimum Gasteiger partial charge on any atom is -0.508 e. The van der Waals surface area contributed by atoms with E-state index in [9.17, 15) is 9.90 Å². The first-order chi connectivity index (χ1) is 14.7. The lowest BCUT2D eigenvalue weighted by atomic mass is 10.2.